The first-order valence-corrected chi connectivity index (χ1v) is 7.79. The molecule has 0 saturated carbocycles. The minimum atomic E-state index is -0.465. The lowest BCUT2D eigenvalue weighted by molar-refractivity contribution is -0.117. The first kappa shape index (κ1) is 16.3. The van der Waals surface area contributed by atoms with Crippen molar-refractivity contribution in [2.75, 3.05) is 12.4 Å². The zero-order valence-electron chi connectivity index (χ0n) is 13.3. The minimum absolute atomic E-state index is 0.133. The van der Waals surface area contributed by atoms with Crippen LogP contribution in [0.5, 0.6) is 5.75 Å². The van der Waals surface area contributed by atoms with Gasteiger partial charge in [-0.25, -0.2) is 0 Å². The lowest BCUT2D eigenvalue weighted by Crippen LogP contribution is -2.35. The molecule has 118 valence electrons. The van der Waals surface area contributed by atoms with Gasteiger partial charge in [0.15, 0.2) is 0 Å². The Morgan fingerprint density at radius 2 is 2.09 bits per heavy atom. The molecule has 0 bridgehead atoms. The van der Waals surface area contributed by atoms with Crippen molar-refractivity contribution in [1.82, 2.24) is 0 Å². The number of carbonyl (C=O) groups excluding carboxylic acids is 1. The number of fused-ring (bicyclic) bond motifs is 1. The van der Waals surface area contributed by atoms with Gasteiger partial charge in [0.2, 0.25) is 5.91 Å². The number of amides is 1. The monoisotopic (exact) mass is 300 g/mol. The van der Waals surface area contributed by atoms with Gasteiger partial charge in [-0.3, -0.25) is 4.79 Å². The fraction of sp³-hybridized carbons (Fsp3) is 0.389. The second-order valence-corrected chi connectivity index (χ2v) is 5.48. The van der Waals surface area contributed by atoms with E-state index >= 15 is 0 Å². The zero-order chi connectivity index (χ0) is 15.9. The highest BCUT2D eigenvalue weighted by molar-refractivity contribution is 6.04. The van der Waals surface area contributed by atoms with Crippen molar-refractivity contribution in [1.29, 1.82) is 0 Å². The first-order chi connectivity index (χ1) is 10.7. The predicted molar refractivity (Wildman–Crippen MR) is 91.2 cm³/mol. The fourth-order valence-electron chi connectivity index (χ4n) is 2.46. The Balaban J connectivity index is 2.15. The van der Waals surface area contributed by atoms with Crippen LogP contribution in [0.15, 0.2) is 36.4 Å². The third-order valence-electron chi connectivity index (χ3n) is 3.80. The molecule has 1 unspecified atom stereocenters. The van der Waals surface area contributed by atoms with Crippen LogP contribution in [0.3, 0.4) is 0 Å². The van der Waals surface area contributed by atoms with E-state index in [1.165, 1.54) is 0 Å². The van der Waals surface area contributed by atoms with Gasteiger partial charge in [0.25, 0.3) is 0 Å². The van der Waals surface area contributed by atoms with Crippen LogP contribution < -0.4 is 15.8 Å². The minimum Gasteiger partial charge on any atom is -0.497 e. The molecule has 0 fully saturated rings. The summed E-state index contributed by atoms with van der Waals surface area (Å²) in [5.41, 5.74) is 6.74. The van der Waals surface area contributed by atoms with Gasteiger partial charge in [-0.15, -0.1) is 0 Å². The van der Waals surface area contributed by atoms with Crippen molar-refractivity contribution < 1.29 is 9.53 Å². The van der Waals surface area contributed by atoms with Gasteiger partial charge in [0.05, 0.1) is 13.2 Å². The van der Waals surface area contributed by atoms with Crippen molar-refractivity contribution in [3.63, 3.8) is 0 Å². The molecule has 0 radical (unpaired) electrons. The van der Waals surface area contributed by atoms with E-state index in [9.17, 15) is 4.79 Å². The molecule has 4 heteroatoms. The van der Waals surface area contributed by atoms with Crippen LogP contribution in [0, 0.1) is 0 Å². The summed E-state index contributed by atoms with van der Waals surface area (Å²) in [4.78, 5) is 12.2. The maximum atomic E-state index is 12.2. The molecule has 0 spiro atoms. The fourth-order valence-corrected chi connectivity index (χ4v) is 2.46. The molecular formula is C18H24N2O2. The molecule has 1 atom stereocenters. The number of nitrogens with one attached hydrogen (secondary N) is 1. The highest BCUT2D eigenvalue weighted by Crippen LogP contribution is 2.27. The Morgan fingerprint density at radius 3 is 2.82 bits per heavy atom. The molecule has 4 nitrogen and oxygen atoms in total. The molecule has 0 aliphatic carbocycles. The van der Waals surface area contributed by atoms with Crippen molar-refractivity contribution in [2.45, 2.75) is 38.6 Å². The SMILES string of the molecule is CCCCCC(N)C(=O)Nc1cccc2ccc(OC)cc12. The number of hydrogen-bond donors (Lipinski definition) is 2. The number of benzene rings is 2. The van der Waals surface area contributed by atoms with Gasteiger partial charge in [-0.05, 0) is 30.0 Å². The maximum Gasteiger partial charge on any atom is 0.241 e. The molecule has 2 rings (SSSR count). The highest BCUT2D eigenvalue weighted by atomic mass is 16.5. The first-order valence-electron chi connectivity index (χ1n) is 7.79. The second kappa shape index (κ2) is 7.80. The largest absolute Gasteiger partial charge is 0.497 e. The molecule has 3 N–H and O–H groups in total. The van der Waals surface area contributed by atoms with E-state index in [2.05, 4.69) is 12.2 Å². The third-order valence-corrected chi connectivity index (χ3v) is 3.80. The van der Waals surface area contributed by atoms with E-state index in [-0.39, 0.29) is 5.91 Å². The van der Waals surface area contributed by atoms with E-state index in [4.69, 9.17) is 10.5 Å². The average Bonchev–Trinajstić information content (AvgIpc) is 2.54. The summed E-state index contributed by atoms with van der Waals surface area (Å²) in [5, 5.41) is 4.95. The van der Waals surface area contributed by atoms with Crippen molar-refractivity contribution >= 4 is 22.4 Å². The Kier molecular flexibility index (Phi) is 5.78. The van der Waals surface area contributed by atoms with Crippen LogP contribution in [0.1, 0.15) is 32.6 Å². The van der Waals surface area contributed by atoms with E-state index in [1.807, 2.05) is 36.4 Å². The third kappa shape index (κ3) is 3.98. The summed E-state index contributed by atoms with van der Waals surface area (Å²) in [6, 6.07) is 11.2. The molecule has 0 aliphatic rings. The average molecular weight is 300 g/mol. The summed E-state index contributed by atoms with van der Waals surface area (Å²) in [7, 11) is 1.63. The van der Waals surface area contributed by atoms with Crippen LogP contribution in [0.4, 0.5) is 5.69 Å². The summed E-state index contributed by atoms with van der Waals surface area (Å²) in [6.07, 6.45) is 3.92. The standard InChI is InChI=1S/C18H24N2O2/c1-3-4-5-8-16(19)18(21)20-17-9-6-7-13-10-11-14(22-2)12-15(13)17/h6-7,9-12,16H,3-5,8,19H2,1-2H3,(H,20,21). The Labute approximate surface area is 131 Å². The molecule has 0 heterocycles. The zero-order valence-corrected chi connectivity index (χ0v) is 13.3. The number of carbonyl (C=O) groups is 1. The topological polar surface area (TPSA) is 64.4 Å². The molecule has 22 heavy (non-hydrogen) atoms. The second-order valence-electron chi connectivity index (χ2n) is 5.48. The van der Waals surface area contributed by atoms with Crippen molar-refractivity contribution in [3.05, 3.63) is 36.4 Å². The van der Waals surface area contributed by atoms with Crippen LogP contribution in [-0.2, 0) is 4.79 Å². The summed E-state index contributed by atoms with van der Waals surface area (Å²) >= 11 is 0. The molecule has 1 amide bonds. The van der Waals surface area contributed by atoms with E-state index in [0.29, 0.717) is 6.42 Å². The Morgan fingerprint density at radius 1 is 1.27 bits per heavy atom. The molecule has 0 aliphatic heterocycles. The van der Waals surface area contributed by atoms with Crippen LogP contribution in [0.2, 0.25) is 0 Å². The number of anilines is 1. The van der Waals surface area contributed by atoms with Crippen LogP contribution in [-0.4, -0.2) is 19.1 Å². The summed E-state index contributed by atoms with van der Waals surface area (Å²) in [5.74, 6) is 0.632. The van der Waals surface area contributed by atoms with Crippen LogP contribution in [0.25, 0.3) is 10.8 Å². The van der Waals surface area contributed by atoms with E-state index in [0.717, 1.165) is 41.5 Å². The molecule has 2 aromatic rings. The number of hydrogen-bond acceptors (Lipinski definition) is 3. The lowest BCUT2D eigenvalue weighted by Gasteiger charge is -2.14. The molecule has 0 aromatic heterocycles. The van der Waals surface area contributed by atoms with Gasteiger partial charge in [0, 0.05) is 11.1 Å². The van der Waals surface area contributed by atoms with Gasteiger partial charge in [-0.2, -0.15) is 0 Å². The van der Waals surface area contributed by atoms with Gasteiger partial charge in [-0.1, -0.05) is 44.4 Å². The molecule has 2 aromatic carbocycles. The normalized spacial score (nSPS) is 12.1. The molecular weight excluding hydrogens is 276 g/mol. The van der Waals surface area contributed by atoms with Gasteiger partial charge < -0.3 is 15.8 Å². The van der Waals surface area contributed by atoms with Crippen molar-refractivity contribution in [2.24, 2.45) is 5.73 Å². The quantitative estimate of drug-likeness (QED) is 0.766. The number of ether oxygens (including phenoxy) is 1. The van der Waals surface area contributed by atoms with Gasteiger partial charge in [0.1, 0.15) is 5.75 Å². The Hall–Kier alpha value is -2.07. The highest BCUT2D eigenvalue weighted by Gasteiger charge is 2.14. The predicted octanol–water partition coefficient (Wildman–Crippen LogP) is 3.69. The number of unbranched alkanes of at least 4 members (excludes halogenated alkanes) is 2. The Bertz CT molecular complexity index is 640. The smallest absolute Gasteiger partial charge is 0.241 e. The number of methoxy groups -OCH3 is 1. The summed E-state index contributed by atoms with van der Waals surface area (Å²) in [6.45, 7) is 2.13. The maximum absolute atomic E-state index is 12.2. The van der Waals surface area contributed by atoms with E-state index < -0.39 is 6.04 Å². The van der Waals surface area contributed by atoms with Crippen LogP contribution >= 0.6 is 0 Å². The number of nitrogens with two attached hydrogens (primary N) is 1. The van der Waals surface area contributed by atoms with E-state index in [1.54, 1.807) is 7.11 Å². The lowest BCUT2D eigenvalue weighted by atomic mass is 10.1. The van der Waals surface area contributed by atoms with Crippen molar-refractivity contribution in [3.8, 4) is 5.75 Å². The summed E-state index contributed by atoms with van der Waals surface area (Å²) < 4.78 is 5.26. The molecule has 0 saturated heterocycles. The number of rotatable bonds is 7. The van der Waals surface area contributed by atoms with Gasteiger partial charge >= 0.3 is 0 Å².